The van der Waals surface area contributed by atoms with Crippen LogP contribution in [0.4, 0.5) is 0 Å². The number of nitrogens with one attached hydrogen (secondary N) is 1. The molecule has 84 valence electrons. The van der Waals surface area contributed by atoms with E-state index < -0.39 is 5.54 Å². The summed E-state index contributed by atoms with van der Waals surface area (Å²) in [6.07, 6.45) is 0.763. The van der Waals surface area contributed by atoms with Crippen molar-refractivity contribution in [2.45, 2.75) is 32.7 Å². The number of carbonyl (C=O) groups is 1. The molecule has 0 aliphatic carbocycles. The average Bonchev–Trinajstić information content (AvgIpc) is 2.65. The SMILES string of the molecule is CCC(C)(CCl)NC(=O)c1cc(C)on1. The quantitative estimate of drug-likeness (QED) is 0.807. The first-order chi connectivity index (χ1) is 7.00. The van der Waals surface area contributed by atoms with E-state index in [1.54, 1.807) is 13.0 Å². The minimum absolute atomic E-state index is 0.253. The van der Waals surface area contributed by atoms with Gasteiger partial charge in [-0.1, -0.05) is 12.1 Å². The van der Waals surface area contributed by atoms with Gasteiger partial charge in [0, 0.05) is 11.9 Å². The fraction of sp³-hybridized carbons (Fsp3) is 0.600. The second-order valence-electron chi connectivity index (χ2n) is 3.82. The predicted molar refractivity (Wildman–Crippen MR) is 58.1 cm³/mol. The lowest BCUT2D eigenvalue weighted by Gasteiger charge is -2.26. The lowest BCUT2D eigenvalue weighted by Crippen LogP contribution is -2.47. The highest BCUT2D eigenvalue weighted by atomic mass is 35.5. The van der Waals surface area contributed by atoms with Crippen LogP contribution < -0.4 is 5.32 Å². The van der Waals surface area contributed by atoms with Crippen LogP contribution in [0.5, 0.6) is 0 Å². The molecule has 0 radical (unpaired) electrons. The van der Waals surface area contributed by atoms with Crippen LogP contribution in [-0.4, -0.2) is 22.5 Å². The van der Waals surface area contributed by atoms with E-state index >= 15 is 0 Å². The highest BCUT2D eigenvalue weighted by Gasteiger charge is 2.24. The third kappa shape index (κ3) is 2.96. The number of nitrogens with zero attached hydrogens (tertiary/aromatic N) is 1. The fourth-order valence-corrected chi connectivity index (χ4v) is 1.28. The monoisotopic (exact) mass is 230 g/mol. The molecule has 1 rings (SSSR count). The van der Waals surface area contributed by atoms with Crippen molar-refractivity contribution in [3.8, 4) is 0 Å². The maximum Gasteiger partial charge on any atom is 0.273 e. The highest BCUT2D eigenvalue weighted by molar-refractivity contribution is 6.18. The summed E-state index contributed by atoms with van der Waals surface area (Å²) >= 11 is 5.79. The summed E-state index contributed by atoms with van der Waals surface area (Å²) in [5.74, 6) is 0.729. The van der Waals surface area contributed by atoms with Crippen LogP contribution in [0, 0.1) is 6.92 Å². The van der Waals surface area contributed by atoms with Gasteiger partial charge < -0.3 is 9.84 Å². The predicted octanol–water partition coefficient (Wildman–Crippen LogP) is 2.12. The summed E-state index contributed by atoms with van der Waals surface area (Å²) < 4.78 is 4.82. The van der Waals surface area contributed by atoms with E-state index in [0.717, 1.165) is 6.42 Å². The summed E-state index contributed by atoms with van der Waals surface area (Å²) in [7, 11) is 0. The normalized spacial score (nSPS) is 14.7. The lowest BCUT2D eigenvalue weighted by atomic mass is 10.0. The minimum atomic E-state index is -0.397. The van der Waals surface area contributed by atoms with Crippen molar-refractivity contribution in [2.24, 2.45) is 0 Å². The summed E-state index contributed by atoms with van der Waals surface area (Å²) in [4.78, 5) is 11.7. The van der Waals surface area contributed by atoms with Gasteiger partial charge in [0.2, 0.25) is 0 Å². The van der Waals surface area contributed by atoms with Gasteiger partial charge in [-0.3, -0.25) is 4.79 Å². The maximum absolute atomic E-state index is 11.7. The zero-order valence-corrected chi connectivity index (χ0v) is 9.89. The molecular weight excluding hydrogens is 216 g/mol. The molecule has 5 heteroatoms. The van der Waals surface area contributed by atoms with Gasteiger partial charge in [-0.05, 0) is 20.3 Å². The molecular formula is C10H15ClN2O2. The minimum Gasteiger partial charge on any atom is -0.361 e. The van der Waals surface area contributed by atoms with E-state index in [1.807, 2.05) is 13.8 Å². The Kier molecular flexibility index (Phi) is 3.74. The molecule has 1 heterocycles. The van der Waals surface area contributed by atoms with E-state index in [2.05, 4.69) is 10.5 Å². The summed E-state index contributed by atoms with van der Waals surface area (Å²) in [6.45, 7) is 5.60. The van der Waals surface area contributed by atoms with E-state index in [-0.39, 0.29) is 11.6 Å². The molecule has 0 aliphatic heterocycles. The Bertz CT molecular complexity index is 345. The molecule has 1 aromatic rings. The maximum atomic E-state index is 11.7. The van der Waals surface area contributed by atoms with Crippen LogP contribution in [0.3, 0.4) is 0 Å². The Morgan fingerprint density at radius 3 is 2.80 bits per heavy atom. The molecule has 0 saturated carbocycles. The van der Waals surface area contributed by atoms with Gasteiger partial charge in [0.1, 0.15) is 5.76 Å². The molecule has 0 aliphatic rings. The molecule has 1 N–H and O–H groups in total. The molecule has 0 aromatic carbocycles. The fourth-order valence-electron chi connectivity index (χ4n) is 1.03. The van der Waals surface area contributed by atoms with Crippen molar-refractivity contribution in [1.29, 1.82) is 0 Å². The molecule has 4 nitrogen and oxygen atoms in total. The summed E-state index contributed by atoms with van der Waals surface area (Å²) in [6, 6.07) is 1.60. The molecule has 0 fully saturated rings. The zero-order chi connectivity index (χ0) is 11.5. The summed E-state index contributed by atoms with van der Waals surface area (Å²) in [5.41, 5.74) is -0.108. The molecule has 1 unspecified atom stereocenters. The Morgan fingerprint density at radius 1 is 1.73 bits per heavy atom. The number of alkyl halides is 1. The van der Waals surface area contributed by atoms with E-state index in [1.165, 1.54) is 0 Å². The Labute approximate surface area is 94.0 Å². The van der Waals surface area contributed by atoms with Gasteiger partial charge in [0.15, 0.2) is 5.69 Å². The van der Waals surface area contributed by atoms with Gasteiger partial charge in [-0.2, -0.15) is 0 Å². The second-order valence-corrected chi connectivity index (χ2v) is 4.09. The first-order valence-electron chi connectivity index (χ1n) is 4.82. The van der Waals surface area contributed by atoms with Gasteiger partial charge in [0.05, 0.1) is 5.54 Å². The van der Waals surface area contributed by atoms with Crippen molar-refractivity contribution >= 4 is 17.5 Å². The largest absolute Gasteiger partial charge is 0.361 e. The number of aryl methyl sites for hydroxylation is 1. The van der Waals surface area contributed by atoms with Crippen LogP contribution in [0.15, 0.2) is 10.6 Å². The molecule has 15 heavy (non-hydrogen) atoms. The average molecular weight is 231 g/mol. The van der Waals surface area contributed by atoms with Crippen LogP contribution in [0.25, 0.3) is 0 Å². The number of rotatable bonds is 4. The molecule has 0 bridgehead atoms. The van der Waals surface area contributed by atoms with Gasteiger partial charge in [-0.25, -0.2) is 0 Å². The first kappa shape index (κ1) is 12.0. The van der Waals surface area contributed by atoms with E-state index in [0.29, 0.717) is 11.6 Å². The molecule has 1 atom stereocenters. The Balaban J connectivity index is 2.71. The van der Waals surface area contributed by atoms with Crippen molar-refractivity contribution in [1.82, 2.24) is 10.5 Å². The number of aromatic nitrogens is 1. The molecule has 1 amide bonds. The van der Waals surface area contributed by atoms with Crippen LogP contribution in [0.1, 0.15) is 36.5 Å². The van der Waals surface area contributed by atoms with Gasteiger partial charge >= 0.3 is 0 Å². The Morgan fingerprint density at radius 2 is 2.40 bits per heavy atom. The van der Waals surface area contributed by atoms with Crippen LogP contribution in [0.2, 0.25) is 0 Å². The van der Waals surface area contributed by atoms with Gasteiger partial charge in [0.25, 0.3) is 5.91 Å². The number of carbonyl (C=O) groups excluding carboxylic acids is 1. The lowest BCUT2D eigenvalue weighted by molar-refractivity contribution is 0.0903. The second kappa shape index (κ2) is 4.66. The number of hydrogen-bond donors (Lipinski definition) is 1. The number of amides is 1. The number of hydrogen-bond acceptors (Lipinski definition) is 3. The zero-order valence-electron chi connectivity index (χ0n) is 9.13. The first-order valence-corrected chi connectivity index (χ1v) is 5.36. The third-order valence-electron chi connectivity index (χ3n) is 2.35. The van der Waals surface area contributed by atoms with Crippen molar-refractivity contribution in [2.75, 3.05) is 5.88 Å². The van der Waals surface area contributed by atoms with Crippen molar-refractivity contribution in [3.63, 3.8) is 0 Å². The Hall–Kier alpha value is -1.03. The van der Waals surface area contributed by atoms with Crippen LogP contribution in [-0.2, 0) is 0 Å². The van der Waals surface area contributed by atoms with Crippen molar-refractivity contribution < 1.29 is 9.32 Å². The molecule has 0 saturated heterocycles. The van der Waals surface area contributed by atoms with Gasteiger partial charge in [-0.15, -0.1) is 11.6 Å². The third-order valence-corrected chi connectivity index (χ3v) is 2.94. The summed E-state index contributed by atoms with van der Waals surface area (Å²) in [5, 5.41) is 6.47. The van der Waals surface area contributed by atoms with Crippen LogP contribution >= 0.6 is 11.6 Å². The molecule has 1 aromatic heterocycles. The molecule has 0 spiro atoms. The standard InChI is InChI=1S/C10H15ClN2O2/c1-4-10(3,6-11)12-9(14)8-5-7(2)15-13-8/h5H,4,6H2,1-3H3,(H,12,14). The smallest absolute Gasteiger partial charge is 0.273 e. The number of halogens is 1. The topological polar surface area (TPSA) is 55.1 Å². The van der Waals surface area contributed by atoms with E-state index in [9.17, 15) is 4.79 Å². The van der Waals surface area contributed by atoms with E-state index in [4.69, 9.17) is 16.1 Å². The van der Waals surface area contributed by atoms with Crippen molar-refractivity contribution in [3.05, 3.63) is 17.5 Å². The highest BCUT2D eigenvalue weighted by Crippen LogP contribution is 2.12.